The molecule has 35 heteroatoms. The van der Waals surface area contributed by atoms with Gasteiger partial charge in [0.1, 0.15) is 171 Å². The van der Waals surface area contributed by atoms with Gasteiger partial charge in [0.2, 0.25) is 0 Å². The van der Waals surface area contributed by atoms with E-state index in [2.05, 4.69) is 0 Å². The van der Waals surface area contributed by atoms with E-state index < -0.39 is 261 Å². The molecule has 0 aromatic heterocycles. The molecular weight excluding hydrogens is 1230 g/mol. The van der Waals surface area contributed by atoms with Crippen molar-refractivity contribution < 1.29 is 173 Å². The highest BCUT2D eigenvalue weighted by atomic mass is 16.8. The Bertz CT molecular complexity index is 2590. The Morgan fingerprint density at radius 1 is 0.242 bits per heavy atom. The summed E-state index contributed by atoms with van der Waals surface area (Å²) in [6, 6.07) is 14.1. The van der Waals surface area contributed by atoms with Crippen LogP contribution in [0.2, 0.25) is 0 Å². The molecule has 31 rings (SSSR count). The van der Waals surface area contributed by atoms with Crippen LogP contribution in [-0.4, -0.2) is 358 Å². The van der Waals surface area contributed by atoms with Gasteiger partial charge < -0.3 is 173 Å². The predicted molar refractivity (Wildman–Crippen MR) is 285 cm³/mol. The Morgan fingerprint density at radius 3 is 0.659 bits per heavy atom. The first-order chi connectivity index (χ1) is 43.7. The molecule has 19 N–H and O–H groups in total. The lowest BCUT2D eigenvalue weighted by molar-refractivity contribution is -0.397. The van der Waals surface area contributed by atoms with Crippen LogP contribution in [-0.2, 0) is 89.0 Å². The third-order valence-electron chi connectivity index (χ3n) is 17.8. The number of aliphatic hydroxyl groups excluding tert-OH is 19. The summed E-state index contributed by atoms with van der Waals surface area (Å²) < 4.78 is 95.4. The summed E-state index contributed by atoms with van der Waals surface area (Å²) in [5.41, 5.74) is 2.71. The first-order valence-electron chi connectivity index (χ1n) is 29.7. The summed E-state index contributed by atoms with van der Waals surface area (Å²) in [6.07, 6.45) is -69.4. The summed E-state index contributed by atoms with van der Waals surface area (Å²) in [6.45, 7) is -6.50. The van der Waals surface area contributed by atoms with E-state index in [-0.39, 0.29) is 13.2 Å². The van der Waals surface area contributed by atoms with Crippen LogP contribution in [0, 0.1) is 0 Å². The van der Waals surface area contributed by atoms with Crippen molar-refractivity contribution in [3.05, 3.63) is 59.7 Å². The third kappa shape index (κ3) is 14.1. The maximum Gasteiger partial charge on any atom is 0.187 e. The van der Waals surface area contributed by atoms with Crippen LogP contribution in [0.15, 0.2) is 48.5 Å². The molecule has 0 aliphatic carbocycles. The molecule has 2 aromatic rings. The minimum absolute atomic E-state index is 0.139. The molecule has 35 atom stereocenters. The average Bonchev–Trinajstić information content (AvgIpc) is 0.814. The first kappa shape index (κ1) is 69.4. The second-order valence-corrected chi connectivity index (χ2v) is 23.7. The van der Waals surface area contributed by atoms with Crippen molar-refractivity contribution >= 4 is 0 Å². The topological polar surface area (TPSA) is 532 Å². The Hall–Kier alpha value is -2.96. The van der Waals surface area contributed by atoms with Gasteiger partial charge in [-0.3, -0.25) is 0 Å². The van der Waals surface area contributed by atoms with E-state index in [1.165, 1.54) is 0 Å². The molecule has 35 nitrogen and oxygen atoms in total. The number of aliphatic hydroxyl groups is 19. The van der Waals surface area contributed by atoms with E-state index in [4.69, 9.17) is 75.8 Å². The van der Waals surface area contributed by atoms with Gasteiger partial charge in [-0.25, -0.2) is 0 Å². The minimum atomic E-state index is -2.20. The van der Waals surface area contributed by atoms with E-state index in [1.807, 2.05) is 0 Å². The number of benzene rings is 2. The van der Waals surface area contributed by atoms with Crippen LogP contribution in [0.1, 0.15) is 11.1 Å². The first-order valence-corrected chi connectivity index (χ1v) is 29.7. The fourth-order valence-electron chi connectivity index (χ4n) is 12.6. The van der Waals surface area contributed by atoms with Gasteiger partial charge in [-0.05, 0) is 22.3 Å². The monoisotopic (exact) mass is 1310 g/mol. The molecule has 16 fully saturated rings. The molecule has 29 heterocycles. The van der Waals surface area contributed by atoms with E-state index >= 15 is 0 Å². The van der Waals surface area contributed by atoms with Gasteiger partial charge >= 0.3 is 0 Å². The molecule has 20 bridgehead atoms. The maximum absolute atomic E-state index is 11.9. The fraction of sp³-hybridized carbons (Fsp3) is 0.786. The van der Waals surface area contributed by atoms with Crippen molar-refractivity contribution in [2.75, 3.05) is 46.2 Å². The van der Waals surface area contributed by atoms with Gasteiger partial charge in [0.25, 0.3) is 0 Å². The molecule has 0 spiro atoms. The Labute approximate surface area is 516 Å². The van der Waals surface area contributed by atoms with Gasteiger partial charge in [0.05, 0.1) is 59.5 Å². The summed E-state index contributed by atoms with van der Waals surface area (Å²) in [5, 5.41) is 217. The lowest BCUT2D eigenvalue weighted by atomic mass is 9.95. The molecule has 91 heavy (non-hydrogen) atoms. The lowest BCUT2D eigenvalue weighted by Crippen LogP contribution is -2.68. The normalized spacial score (nSPS) is 49.6. The van der Waals surface area contributed by atoms with Crippen LogP contribution in [0.25, 0.3) is 11.1 Å². The lowest BCUT2D eigenvalue weighted by Gasteiger charge is -2.50. The molecule has 2 aromatic carbocycles. The highest BCUT2D eigenvalue weighted by Gasteiger charge is 2.60. The zero-order chi connectivity index (χ0) is 64.9. The standard InChI is InChI=1S/C56H80O35/c57-9-22-43-29(62)36(69)50(78-22)86-44-23(10-58)81-53(39(72)32(44)65)90-48-27-16-76-14-18-1-5-20(6-2-18)21-7-3-19(4-8-21)15-77-17-28-49(34(67)41(74)55(83-28)88-46-25(12-60)79-51(85-43)37(70)30(46)63)91-54-40(73)33(66)45(24(11-59)82-54)87-52-38(71)31(64)47(26(13-61)80-52)89-56(84-27)42(75)35(48)68/h1-8,22-75H,9-17H2. The van der Waals surface area contributed by atoms with E-state index in [0.717, 1.165) is 11.1 Å². The minimum Gasteiger partial charge on any atom is -0.394 e. The highest BCUT2D eigenvalue weighted by molar-refractivity contribution is 5.64. The molecule has 16 saturated heterocycles. The molecule has 29 aliphatic rings. The quantitative estimate of drug-likeness (QED) is 0.132. The summed E-state index contributed by atoms with van der Waals surface area (Å²) >= 11 is 0. The Kier molecular flexibility index (Phi) is 22.7. The van der Waals surface area contributed by atoms with Crippen molar-refractivity contribution in [2.45, 2.75) is 228 Å². The highest BCUT2D eigenvalue weighted by Crippen LogP contribution is 2.39. The predicted octanol–water partition coefficient (Wildman–Crippen LogP) is -10.8. The number of ether oxygens (including phenoxy) is 16. The number of hydrogen-bond acceptors (Lipinski definition) is 35. The summed E-state index contributed by atoms with van der Waals surface area (Å²) in [5.74, 6) is 0. The average molecular weight is 1310 g/mol. The van der Waals surface area contributed by atoms with Gasteiger partial charge in [0.15, 0.2) is 44.0 Å². The van der Waals surface area contributed by atoms with E-state index in [9.17, 15) is 97.0 Å². The van der Waals surface area contributed by atoms with Gasteiger partial charge in [-0.2, -0.15) is 0 Å². The number of rotatable bonds is 5. The molecule has 29 aliphatic heterocycles. The zero-order valence-electron chi connectivity index (χ0n) is 48.2. The second kappa shape index (κ2) is 29.8. The summed E-state index contributed by atoms with van der Waals surface area (Å²) in [7, 11) is 0. The summed E-state index contributed by atoms with van der Waals surface area (Å²) in [4.78, 5) is 0. The Morgan fingerprint density at radius 2 is 0.440 bits per heavy atom. The van der Waals surface area contributed by atoms with Crippen LogP contribution in [0.3, 0.4) is 0 Å². The van der Waals surface area contributed by atoms with E-state index in [0.29, 0.717) is 11.1 Å². The van der Waals surface area contributed by atoms with E-state index in [1.54, 1.807) is 48.5 Å². The van der Waals surface area contributed by atoms with Crippen molar-refractivity contribution in [3.63, 3.8) is 0 Å². The fourth-order valence-corrected chi connectivity index (χ4v) is 12.6. The van der Waals surface area contributed by atoms with Crippen molar-refractivity contribution in [2.24, 2.45) is 0 Å². The van der Waals surface area contributed by atoms with Crippen molar-refractivity contribution in [1.29, 1.82) is 0 Å². The molecular formula is C56H80O35. The molecule has 514 valence electrons. The van der Waals surface area contributed by atoms with Crippen LogP contribution in [0.4, 0.5) is 0 Å². The molecule has 35 unspecified atom stereocenters. The van der Waals surface area contributed by atoms with Crippen molar-refractivity contribution in [1.82, 2.24) is 0 Å². The third-order valence-corrected chi connectivity index (χ3v) is 17.8. The maximum atomic E-state index is 11.9. The smallest absolute Gasteiger partial charge is 0.187 e. The SMILES string of the molecule is OCC1OC2OC3C(CO)OC(OC4C5COCc6ccc(cc6)-c6ccc(cc6)COCC6OC(OC7C(CO)OC(OC1C(O)C2O)C(O)C7O)C(O)C(O)C6OC1OC(CO)C(OC2OC(CO)C(OC(O5)C(O)C4O)C(O)C2O)C(O)C1O)C(O)C3O. The van der Waals surface area contributed by atoms with Gasteiger partial charge in [-0.15, -0.1) is 0 Å². The van der Waals surface area contributed by atoms with Crippen LogP contribution >= 0.6 is 0 Å². The number of fused-ring (bicyclic) bond motifs is 1. The second-order valence-electron chi connectivity index (χ2n) is 23.7. The van der Waals surface area contributed by atoms with Crippen LogP contribution in [0.5, 0.6) is 0 Å². The van der Waals surface area contributed by atoms with Crippen LogP contribution < -0.4 is 0 Å². The largest absolute Gasteiger partial charge is 0.394 e. The Balaban J connectivity index is 0.968. The molecule has 0 radical (unpaired) electrons. The zero-order valence-corrected chi connectivity index (χ0v) is 48.2. The molecule has 0 amide bonds. The number of hydrogen-bond donors (Lipinski definition) is 19. The molecule has 0 saturated carbocycles. The van der Waals surface area contributed by atoms with Gasteiger partial charge in [0, 0.05) is 0 Å². The van der Waals surface area contributed by atoms with Crippen molar-refractivity contribution in [3.8, 4) is 11.1 Å². The van der Waals surface area contributed by atoms with Gasteiger partial charge in [-0.1, -0.05) is 48.5 Å².